The maximum absolute atomic E-state index is 4.91. The van der Waals surface area contributed by atoms with Crippen molar-refractivity contribution in [3.05, 3.63) is 109 Å². The molecule has 3 aromatic rings. The number of benzene rings is 3. The lowest BCUT2D eigenvalue weighted by molar-refractivity contribution is 0.414. The molecule has 0 aliphatic rings. The van der Waals surface area contributed by atoms with Gasteiger partial charge in [-0.15, -0.1) is 0 Å². The predicted molar refractivity (Wildman–Crippen MR) is 136 cm³/mol. The van der Waals surface area contributed by atoms with E-state index in [-0.39, 0.29) is 0 Å². The molecule has 2 nitrogen and oxygen atoms in total. The third-order valence-electron chi connectivity index (χ3n) is 2.96. The van der Waals surface area contributed by atoms with Crippen LogP contribution in [0.25, 0.3) is 0 Å². The van der Waals surface area contributed by atoms with Gasteiger partial charge in [-0.1, -0.05) is 113 Å². The summed E-state index contributed by atoms with van der Waals surface area (Å²) in [5, 5.41) is 0. The van der Waals surface area contributed by atoms with E-state index >= 15 is 0 Å². The molecule has 0 aliphatic heterocycles. The van der Waals surface area contributed by atoms with Crippen LogP contribution in [0.4, 0.5) is 0 Å². The van der Waals surface area contributed by atoms with Gasteiger partial charge in [0.2, 0.25) is 0 Å². The molecular weight excluding hydrogens is 368 g/mol. The second-order valence-corrected chi connectivity index (χ2v) is 4.86. The number of hydrogen-bond acceptors (Lipinski definition) is 2. The minimum Gasteiger partial charge on any atom is -0.497 e. The van der Waals surface area contributed by atoms with Crippen LogP contribution in [0.2, 0.25) is 0 Å². The molecule has 0 N–H and O–H groups in total. The lowest BCUT2D eigenvalue weighted by Crippen LogP contribution is -1.78. The van der Waals surface area contributed by atoms with E-state index in [0.29, 0.717) is 0 Å². The van der Waals surface area contributed by atoms with E-state index in [9.17, 15) is 0 Å². The highest BCUT2D eigenvalue weighted by atomic mass is 16.5. The van der Waals surface area contributed by atoms with Crippen LogP contribution < -0.4 is 9.47 Å². The first-order chi connectivity index (χ1) is 14.8. The number of allylic oxidation sites excluding steroid dienone is 2. The third-order valence-corrected chi connectivity index (χ3v) is 2.96. The Kier molecular flexibility index (Phi) is 32.4. The van der Waals surface area contributed by atoms with Crippen molar-refractivity contribution in [2.24, 2.45) is 0 Å². The molecule has 0 spiro atoms. The summed E-state index contributed by atoms with van der Waals surface area (Å²) in [5.74, 6) is 1.82. The quantitative estimate of drug-likeness (QED) is 0.393. The van der Waals surface area contributed by atoms with Crippen LogP contribution in [0.15, 0.2) is 109 Å². The van der Waals surface area contributed by atoms with E-state index in [1.807, 2.05) is 151 Å². The first-order valence-corrected chi connectivity index (χ1v) is 10.5. The van der Waals surface area contributed by atoms with Gasteiger partial charge >= 0.3 is 0 Å². The van der Waals surface area contributed by atoms with Crippen LogP contribution in [0, 0.1) is 0 Å². The van der Waals surface area contributed by atoms with Crippen molar-refractivity contribution in [3.8, 4) is 11.5 Å². The first kappa shape index (κ1) is 31.7. The van der Waals surface area contributed by atoms with E-state index in [1.165, 1.54) is 0 Å². The molecule has 0 saturated heterocycles. The summed E-state index contributed by atoms with van der Waals surface area (Å²) in [7, 11) is 3.32. The zero-order chi connectivity index (χ0) is 23.3. The van der Waals surface area contributed by atoms with Crippen LogP contribution in [0.5, 0.6) is 11.5 Å². The minimum absolute atomic E-state index is 0.910. The Morgan fingerprint density at radius 2 is 0.633 bits per heavy atom. The van der Waals surface area contributed by atoms with Crippen molar-refractivity contribution in [3.63, 3.8) is 0 Å². The van der Waals surface area contributed by atoms with Gasteiger partial charge in [-0.3, -0.25) is 0 Å². The van der Waals surface area contributed by atoms with Crippen molar-refractivity contribution in [1.29, 1.82) is 0 Å². The average molecular weight is 411 g/mol. The van der Waals surface area contributed by atoms with Gasteiger partial charge < -0.3 is 9.47 Å². The largest absolute Gasteiger partial charge is 0.497 e. The van der Waals surface area contributed by atoms with Crippen molar-refractivity contribution in [2.75, 3.05) is 14.2 Å². The number of rotatable bonds is 2. The zero-order valence-electron chi connectivity index (χ0n) is 20.2. The second-order valence-electron chi connectivity index (χ2n) is 4.86. The van der Waals surface area contributed by atoms with Crippen molar-refractivity contribution in [1.82, 2.24) is 0 Å². The molecule has 3 rings (SSSR count). The van der Waals surface area contributed by atoms with Gasteiger partial charge in [0.25, 0.3) is 0 Å². The summed E-state index contributed by atoms with van der Waals surface area (Å²) in [6, 6.07) is 31.4. The summed E-state index contributed by atoms with van der Waals surface area (Å²) in [6.07, 6.45) is 4.00. The SMILES string of the molecule is CC.CC.CC=CC.COc1ccccc1.COc1ccccc1.c1ccccc1. The van der Waals surface area contributed by atoms with E-state index in [4.69, 9.17) is 9.47 Å². The Morgan fingerprint density at radius 3 is 0.767 bits per heavy atom. The molecule has 0 amide bonds. The zero-order valence-corrected chi connectivity index (χ0v) is 20.2. The molecule has 0 bridgehead atoms. The van der Waals surface area contributed by atoms with Crippen LogP contribution in [-0.4, -0.2) is 14.2 Å². The molecule has 0 saturated carbocycles. The number of ether oxygens (including phenoxy) is 2. The molecule has 0 unspecified atom stereocenters. The van der Waals surface area contributed by atoms with Crippen molar-refractivity contribution < 1.29 is 9.47 Å². The second kappa shape index (κ2) is 30.7. The van der Waals surface area contributed by atoms with E-state index in [2.05, 4.69) is 0 Å². The molecule has 166 valence electrons. The summed E-state index contributed by atoms with van der Waals surface area (Å²) < 4.78 is 9.83. The van der Waals surface area contributed by atoms with Crippen molar-refractivity contribution >= 4 is 0 Å². The Bertz CT molecular complexity index is 565. The molecule has 0 heterocycles. The molecule has 2 heteroatoms. The normalized spacial score (nSPS) is 7.87. The maximum atomic E-state index is 4.91. The van der Waals surface area contributed by atoms with Crippen LogP contribution in [-0.2, 0) is 0 Å². The number of para-hydroxylation sites is 2. The average Bonchev–Trinajstić information content (AvgIpc) is 2.89. The number of methoxy groups -OCH3 is 2. The van der Waals surface area contributed by atoms with E-state index in [0.717, 1.165) is 11.5 Å². The highest BCUT2D eigenvalue weighted by molar-refractivity contribution is 5.21. The van der Waals surface area contributed by atoms with Gasteiger partial charge in [-0.05, 0) is 38.1 Å². The molecule has 0 aliphatic carbocycles. The fourth-order valence-corrected chi connectivity index (χ4v) is 1.50. The third kappa shape index (κ3) is 25.0. The highest BCUT2D eigenvalue weighted by Crippen LogP contribution is 2.06. The fourth-order valence-electron chi connectivity index (χ4n) is 1.50. The Balaban J connectivity index is -0.000000314. The minimum atomic E-state index is 0.910. The lowest BCUT2D eigenvalue weighted by atomic mass is 10.3. The van der Waals surface area contributed by atoms with Crippen LogP contribution in [0.1, 0.15) is 41.5 Å². The summed E-state index contributed by atoms with van der Waals surface area (Å²) in [4.78, 5) is 0. The highest BCUT2D eigenvalue weighted by Gasteiger charge is 1.80. The van der Waals surface area contributed by atoms with Gasteiger partial charge in [-0.25, -0.2) is 0 Å². The molecule has 0 aromatic heterocycles. The standard InChI is InChI=1S/2C7H8O.C6H6.C4H8.2C2H6/c2*1-8-7-5-3-2-4-6-7;1-2-4-6-5-3-1;1-3-4-2;2*1-2/h2*2-6H,1H3;1-6H;3-4H,1-2H3;2*1-2H3. The molecule has 3 aromatic carbocycles. The number of hydrogen-bond donors (Lipinski definition) is 0. The summed E-state index contributed by atoms with van der Waals surface area (Å²) in [6.45, 7) is 12.0. The first-order valence-electron chi connectivity index (χ1n) is 10.5. The maximum Gasteiger partial charge on any atom is 0.118 e. The van der Waals surface area contributed by atoms with Gasteiger partial charge in [0.15, 0.2) is 0 Å². The Morgan fingerprint density at radius 1 is 0.433 bits per heavy atom. The van der Waals surface area contributed by atoms with Gasteiger partial charge in [-0.2, -0.15) is 0 Å². The monoisotopic (exact) mass is 410 g/mol. The van der Waals surface area contributed by atoms with Crippen molar-refractivity contribution in [2.45, 2.75) is 41.5 Å². The summed E-state index contributed by atoms with van der Waals surface area (Å²) in [5.41, 5.74) is 0. The fraction of sp³-hybridized carbons (Fsp3) is 0.286. The smallest absolute Gasteiger partial charge is 0.118 e. The predicted octanol–water partition coefficient (Wildman–Crippen LogP) is 8.71. The topological polar surface area (TPSA) is 18.5 Å². The van der Waals surface area contributed by atoms with E-state index < -0.39 is 0 Å². The van der Waals surface area contributed by atoms with Crippen LogP contribution >= 0.6 is 0 Å². The molecule has 30 heavy (non-hydrogen) atoms. The van der Waals surface area contributed by atoms with E-state index in [1.54, 1.807) is 14.2 Å². The molecular formula is C28H42O2. The lowest BCUT2D eigenvalue weighted by Gasteiger charge is -1.93. The molecule has 0 fully saturated rings. The van der Waals surface area contributed by atoms with Gasteiger partial charge in [0.1, 0.15) is 11.5 Å². The molecule has 0 radical (unpaired) electrons. The summed E-state index contributed by atoms with van der Waals surface area (Å²) >= 11 is 0. The Labute approximate surface area is 186 Å². The van der Waals surface area contributed by atoms with Gasteiger partial charge in [0, 0.05) is 0 Å². The Hall–Kier alpha value is -3.00. The van der Waals surface area contributed by atoms with Crippen LogP contribution in [0.3, 0.4) is 0 Å². The molecule has 0 atom stereocenters. The van der Waals surface area contributed by atoms with Gasteiger partial charge in [0.05, 0.1) is 14.2 Å².